The summed E-state index contributed by atoms with van der Waals surface area (Å²) in [6.45, 7) is 11.6. The molecule has 0 bridgehead atoms. The highest BCUT2D eigenvalue weighted by Gasteiger charge is 2.46. The van der Waals surface area contributed by atoms with Crippen LogP contribution in [0, 0.1) is 11.3 Å². The number of likely N-dealkylation sites (tertiary alicyclic amines) is 1. The van der Waals surface area contributed by atoms with Crippen molar-refractivity contribution < 1.29 is 14.2 Å². The Kier molecular flexibility index (Phi) is 5.91. The molecule has 0 N–H and O–H groups in total. The number of hydrogen-bond acceptors (Lipinski definition) is 4. The highest BCUT2D eigenvalue weighted by Crippen LogP contribution is 2.40. The molecule has 3 heterocycles. The second kappa shape index (κ2) is 7.91. The zero-order valence-corrected chi connectivity index (χ0v) is 13.8. The average molecular weight is 309 g/mol. The van der Waals surface area contributed by atoms with Crippen molar-refractivity contribution >= 4 is 0 Å². The second-order valence-corrected chi connectivity index (χ2v) is 7.21. The second-order valence-electron chi connectivity index (χ2n) is 7.21. The predicted octanol–water partition coefficient (Wildman–Crippen LogP) is 2.49. The van der Waals surface area contributed by atoms with Gasteiger partial charge in [-0.3, -0.25) is 0 Å². The van der Waals surface area contributed by atoms with Crippen molar-refractivity contribution in [1.82, 2.24) is 4.90 Å². The maximum atomic E-state index is 6.10. The molecule has 0 aromatic rings. The van der Waals surface area contributed by atoms with Gasteiger partial charge in [-0.2, -0.15) is 0 Å². The molecule has 126 valence electrons. The zero-order valence-electron chi connectivity index (χ0n) is 13.8. The Hall–Kier alpha value is -0.420. The first-order valence-electron chi connectivity index (χ1n) is 8.93. The van der Waals surface area contributed by atoms with Gasteiger partial charge in [0.2, 0.25) is 0 Å². The molecule has 0 spiro atoms. The lowest BCUT2D eigenvalue weighted by Gasteiger charge is -2.51. The molecule has 4 heteroatoms. The quantitative estimate of drug-likeness (QED) is 0.557. The van der Waals surface area contributed by atoms with Crippen molar-refractivity contribution in [2.24, 2.45) is 11.3 Å². The van der Waals surface area contributed by atoms with Crippen LogP contribution in [0.3, 0.4) is 0 Å². The van der Waals surface area contributed by atoms with Crippen LogP contribution in [-0.2, 0) is 14.2 Å². The van der Waals surface area contributed by atoms with E-state index < -0.39 is 0 Å². The fourth-order valence-electron chi connectivity index (χ4n) is 4.39. The van der Waals surface area contributed by atoms with E-state index in [1.54, 1.807) is 0 Å². The van der Waals surface area contributed by atoms with Crippen LogP contribution >= 0.6 is 0 Å². The summed E-state index contributed by atoms with van der Waals surface area (Å²) in [6.07, 6.45) is 8.22. The summed E-state index contributed by atoms with van der Waals surface area (Å²) < 4.78 is 17.5. The normalized spacial score (nSPS) is 34.3. The van der Waals surface area contributed by atoms with Gasteiger partial charge >= 0.3 is 0 Å². The van der Waals surface area contributed by atoms with E-state index in [1.165, 1.54) is 38.8 Å². The number of fused-ring (bicyclic) bond motifs is 1. The highest BCUT2D eigenvalue weighted by atomic mass is 16.5. The molecule has 3 rings (SSSR count). The number of hydrogen-bond donors (Lipinski definition) is 0. The van der Waals surface area contributed by atoms with Gasteiger partial charge in [-0.15, -0.1) is 6.58 Å². The molecule has 0 saturated carbocycles. The number of piperidine rings is 1. The minimum absolute atomic E-state index is 0.199. The average Bonchev–Trinajstić information content (AvgIpc) is 2.56. The van der Waals surface area contributed by atoms with Crippen molar-refractivity contribution in [2.75, 3.05) is 52.7 Å². The van der Waals surface area contributed by atoms with Crippen molar-refractivity contribution in [3.05, 3.63) is 12.7 Å². The molecule has 3 aliphatic rings. The molecular formula is C18H31NO3. The lowest BCUT2D eigenvalue weighted by molar-refractivity contribution is -0.152. The topological polar surface area (TPSA) is 30.9 Å². The molecular weight excluding hydrogens is 278 g/mol. The summed E-state index contributed by atoms with van der Waals surface area (Å²) in [6, 6.07) is 0. The zero-order chi connectivity index (χ0) is 15.3. The lowest BCUT2D eigenvalue weighted by atomic mass is 9.72. The van der Waals surface area contributed by atoms with Gasteiger partial charge in [-0.1, -0.05) is 6.08 Å². The smallest absolute Gasteiger partial charge is 0.0677 e. The Labute approximate surface area is 134 Å². The fraction of sp³-hybridized carbons (Fsp3) is 0.889. The van der Waals surface area contributed by atoms with Crippen LogP contribution in [0.2, 0.25) is 0 Å². The molecule has 0 aliphatic carbocycles. The molecule has 3 saturated heterocycles. The van der Waals surface area contributed by atoms with E-state index in [2.05, 4.69) is 11.5 Å². The predicted molar refractivity (Wildman–Crippen MR) is 87.0 cm³/mol. The molecule has 22 heavy (non-hydrogen) atoms. The van der Waals surface area contributed by atoms with Crippen molar-refractivity contribution in [1.29, 1.82) is 0 Å². The van der Waals surface area contributed by atoms with E-state index in [-0.39, 0.29) is 5.41 Å². The number of ether oxygens (including phenoxy) is 3. The van der Waals surface area contributed by atoms with Crippen LogP contribution in [0.15, 0.2) is 12.7 Å². The Bertz CT molecular complexity index is 356. The molecule has 2 atom stereocenters. The van der Waals surface area contributed by atoms with Crippen LogP contribution in [0.1, 0.15) is 32.1 Å². The van der Waals surface area contributed by atoms with Gasteiger partial charge < -0.3 is 19.1 Å². The van der Waals surface area contributed by atoms with Gasteiger partial charge in [0.1, 0.15) is 0 Å². The maximum Gasteiger partial charge on any atom is 0.0677 e. The van der Waals surface area contributed by atoms with Crippen LogP contribution in [0.4, 0.5) is 0 Å². The summed E-state index contributed by atoms with van der Waals surface area (Å²) in [7, 11) is 0. The summed E-state index contributed by atoms with van der Waals surface area (Å²) >= 11 is 0. The molecule has 3 aliphatic heterocycles. The van der Waals surface area contributed by atoms with E-state index in [0.29, 0.717) is 12.7 Å². The van der Waals surface area contributed by atoms with Gasteiger partial charge in [-0.05, 0) is 38.0 Å². The molecule has 0 aromatic carbocycles. The van der Waals surface area contributed by atoms with E-state index >= 15 is 0 Å². The van der Waals surface area contributed by atoms with E-state index in [1.807, 2.05) is 6.08 Å². The SMILES string of the molecule is C=CCOC[C@]12CCCO[C@@H]1CCN(CC1CCOCC1)C2. The van der Waals surface area contributed by atoms with Crippen LogP contribution in [0.25, 0.3) is 0 Å². The summed E-state index contributed by atoms with van der Waals surface area (Å²) in [5.41, 5.74) is 0.199. The van der Waals surface area contributed by atoms with Crippen LogP contribution in [0.5, 0.6) is 0 Å². The number of nitrogens with zero attached hydrogens (tertiary/aromatic N) is 1. The largest absolute Gasteiger partial charge is 0.381 e. The van der Waals surface area contributed by atoms with E-state index in [0.717, 1.165) is 45.3 Å². The minimum Gasteiger partial charge on any atom is -0.381 e. The highest BCUT2D eigenvalue weighted by molar-refractivity contribution is 4.97. The Morgan fingerprint density at radius 3 is 2.91 bits per heavy atom. The summed E-state index contributed by atoms with van der Waals surface area (Å²) in [5.74, 6) is 0.806. The third-order valence-corrected chi connectivity index (χ3v) is 5.55. The van der Waals surface area contributed by atoms with Crippen LogP contribution < -0.4 is 0 Å². The monoisotopic (exact) mass is 309 g/mol. The molecule has 3 fully saturated rings. The molecule has 4 nitrogen and oxygen atoms in total. The Morgan fingerprint density at radius 1 is 1.23 bits per heavy atom. The van der Waals surface area contributed by atoms with Crippen molar-refractivity contribution in [3.63, 3.8) is 0 Å². The molecule has 0 unspecified atom stereocenters. The van der Waals surface area contributed by atoms with E-state index in [9.17, 15) is 0 Å². The maximum absolute atomic E-state index is 6.10. The first kappa shape index (κ1) is 16.4. The first-order chi connectivity index (χ1) is 10.8. The van der Waals surface area contributed by atoms with Gasteiger partial charge in [-0.25, -0.2) is 0 Å². The third-order valence-electron chi connectivity index (χ3n) is 5.55. The molecule has 0 amide bonds. The van der Waals surface area contributed by atoms with E-state index in [4.69, 9.17) is 14.2 Å². The number of rotatable bonds is 6. The first-order valence-corrected chi connectivity index (χ1v) is 8.93. The fourth-order valence-corrected chi connectivity index (χ4v) is 4.39. The van der Waals surface area contributed by atoms with Crippen molar-refractivity contribution in [3.8, 4) is 0 Å². The summed E-state index contributed by atoms with van der Waals surface area (Å²) in [5, 5.41) is 0. The van der Waals surface area contributed by atoms with Crippen LogP contribution in [-0.4, -0.2) is 63.7 Å². The Morgan fingerprint density at radius 2 is 2.09 bits per heavy atom. The van der Waals surface area contributed by atoms with Gasteiger partial charge in [0.25, 0.3) is 0 Å². The minimum atomic E-state index is 0.199. The third kappa shape index (κ3) is 3.91. The van der Waals surface area contributed by atoms with Crippen molar-refractivity contribution in [2.45, 2.75) is 38.2 Å². The van der Waals surface area contributed by atoms with Gasteiger partial charge in [0, 0.05) is 44.9 Å². The van der Waals surface area contributed by atoms with Gasteiger partial charge in [0.05, 0.1) is 19.3 Å². The standard InChI is InChI=1S/C18H31NO3/c1-2-9-21-15-18-7-3-10-22-17(18)4-8-19(14-18)13-16-5-11-20-12-6-16/h2,16-17H,1,3-15H2/t17-,18-/m1/s1. The summed E-state index contributed by atoms with van der Waals surface area (Å²) in [4.78, 5) is 2.67. The lowest BCUT2D eigenvalue weighted by Crippen LogP contribution is -2.57. The molecule has 0 aromatic heterocycles. The Balaban J connectivity index is 1.59. The molecule has 0 radical (unpaired) electrons. The van der Waals surface area contributed by atoms with Gasteiger partial charge in [0.15, 0.2) is 0 Å².